The number of hydrogen-bond acceptors (Lipinski definition) is 3. The summed E-state index contributed by atoms with van der Waals surface area (Å²) in [7, 11) is -3.90. The van der Waals surface area contributed by atoms with Crippen LogP contribution in [0, 0.1) is 6.92 Å². The Morgan fingerprint density at radius 3 is 2.42 bits per heavy atom. The molecular weight excluding hydrogens is 406 g/mol. The molecule has 2 aromatic carbocycles. The van der Waals surface area contributed by atoms with E-state index >= 15 is 0 Å². The average molecular weight is 426 g/mol. The first-order chi connectivity index (χ1) is 15.1. The number of fused-ring (bicyclic) bond motifs is 1. The molecule has 0 bridgehead atoms. The number of aryl methyl sites for hydroxylation is 1. The van der Waals surface area contributed by atoms with E-state index in [-0.39, 0.29) is 4.90 Å². The van der Waals surface area contributed by atoms with Crippen molar-refractivity contribution in [2.24, 2.45) is 0 Å². The van der Waals surface area contributed by atoms with Gasteiger partial charge in [0.25, 0.3) is 10.0 Å². The van der Waals surface area contributed by atoms with Crippen molar-refractivity contribution in [3.63, 3.8) is 0 Å². The summed E-state index contributed by atoms with van der Waals surface area (Å²) >= 11 is 0. The number of aromatic nitrogens is 1. The lowest BCUT2D eigenvalue weighted by Gasteiger charge is -2.12. The standard InChI is InChI=1S/C26H19NO3S/c1-19-17-18-24(30-19)26-25(20-11-5-2-3-6-12-20)22-15-9-10-16-23(22)27(26)31(28,29)21-13-7-4-8-14-21/h2-11,13-18H,1H3. The van der Waals surface area contributed by atoms with Crippen LogP contribution in [-0.2, 0) is 10.0 Å². The van der Waals surface area contributed by atoms with E-state index in [4.69, 9.17) is 4.42 Å². The van der Waals surface area contributed by atoms with Crippen LogP contribution in [-0.4, -0.2) is 12.4 Å². The minimum absolute atomic E-state index is 0.217. The summed E-state index contributed by atoms with van der Waals surface area (Å²) < 4.78 is 35.1. The topological polar surface area (TPSA) is 52.2 Å². The summed E-state index contributed by atoms with van der Waals surface area (Å²) in [6.45, 7) is 1.84. The molecule has 0 fully saturated rings. The van der Waals surface area contributed by atoms with Crippen molar-refractivity contribution < 1.29 is 12.8 Å². The largest absolute Gasteiger partial charge is 0.460 e. The molecule has 0 N–H and O–H groups in total. The maximum Gasteiger partial charge on any atom is 0.268 e. The number of allylic oxidation sites excluding steroid dienone is 5. The van der Waals surface area contributed by atoms with Crippen LogP contribution >= 0.6 is 0 Å². The average Bonchev–Trinajstić information content (AvgIpc) is 3.25. The monoisotopic (exact) mass is 425 g/mol. The first kappa shape index (κ1) is 19.2. The second-order valence-corrected chi connectivity index (χ2v) is 8.99. The number of hydrogen-bond donors (Lipinski definition) is 0. The van der Waals surface area contributed by atoms with Gasteiger partial charge < -0.3 is 4.42 Å². The van der Waals surface area contributed by atoms with Gasteiger partial charge in [-0.3, -0.25) is 0 Å². The summed E-state index contributed by atoms with van der Waals surface area (Å²) in [5.74, 6) is 1.19. The SMILES string of the molecule is Cc1ccc(-c2c(C3=C=CC=CC=C3)c3ccccc3n2S(=O)(=O)c2ccccc2)o1. The van der Waals surface area contributed by atoms with Crippen LogP contribution in [0.15, 0.2) is 112 Å². The maximum atomic E-state index is 13.9. The molecule has 2 aromatic heterocycles. The van der Waals surface area contributed by atoms with Gasteiger partial charge in [0, 0.05) is 16.5 Å². The van der Waals surface area contributed by atoms with Crippen LogP contribution in [0.4, 0.5) is 0 Å². The van der Waals surface area contributed by atoms with Crippen LogP contribution in [0.2, 0.25) is 0 Å². The van der Waals surface area contributed by atoms with Crippen LogP contribution in [0.5, 0.6) is 0 Å². The Morgan fingerprint density at radius 1 is 0.871 bits per heavy atom. The van der Waals surface area contributed by atoms with Gasteiger partial charge in [-0.25, -0.2) is 12.4 Å². The minimum atomic E-state index is -3.90. The molecule has 0 unspecified atom stereocenters. The minimum Gasteiger partial charge on any atom is -0.460 e. The Hall–Kier alpha value is -3.79. The van der Waals surface area contributed by atoms with Crippen molar-refractivity contribution in [2.75, 3.05) is 0 Å². The molecule has 152 valence electrons. The predicted octanol–water partition coefficient (Wildman–Crippen LogP) is 6.11. The van der Waals surface area contributed by atoms with Gasteiger partial charge in [-0.1, -0.05) is 54.6 Å². The van der Waals surface area contributed by atoms with Gasteiger partial charge >= 0.3 is 0 Å². The molecule has 0 radical (unpaired) electrons. The highest BCUT2D eigenvalue weighted by Crippen LogP contribution is 2.41. The van der Waals surface area contributed by atoms with Crippen molar-refractivity contribution in [2.45, 2.75) is 11.8 Å². The normalized spacial score (nSPS) is 13.5. The highest BCUT2D eigenvalue weighted by atomic mass is 32.2. The number of para-hydroxylation sites is 1. The first-order valence-corrected chi connectivity index (χ1v) is 11.3. The Labute approximate surface area is 180 Å². The van der Waals surface area contributed by atoms with Gasteiger partial charge in [0.1, 0.15) is 11.5 Å². The third kappa shape index (κ3) is 3.21. The van der Waals surface area contributed by atoms with Crippen molar-refractivity contribution in [3.8, 4) is 11.5 Å². The molecule has 2 heterocycles. The Morgan fingerprint density at radius 2 is 1.65 bits per heavy atom. The van der Waals surface area contributed by atoms with Gasteiger partial charge in [0.05, 0.1) is 10.4 Å². The van der Waals surface area contributed by atoms with Gasteiger partial charge in [-0.05, 0) is 49.4 Å². The fourth-order valence-corrected chi connectivity index (χ4v) is 5.38. The lowest BCUT2D eigenvalue weighted by Crippen LogP contribution is -2.14. The predicted molar refractivity (Wildman–Crippen MR) is 123 cm³/mol. The van der Waals surface area contributed by atoms with Crippen molar-refractivity contribution >= 4 is 26.5 Å². The van der Waals surface area contributed by atoms with Gasteiger partial charge in [0.2, 0.25) is 0 Å². The van der Waals surface area contributed by atoms with Crippen LogP contribution in [0.25, 0.3) is 27.9 Å². The van der Waals surface area contributed by atoms with Crippen LogP contribution in [0.1, 0.15) is 11.3 Å². The summed E-state index contributed by atoms with van der Waals surface area (Å²) in [5.41, 5.74) is 5.90. The van der Waals surface area contributed by atoms with Crippen molar-refractivity contribution in [1.29, 1.82) is 0 Å². The van der Waals surface area contributed by atoms with Gasteiger partial charge in [-0.2, -0.15) is 0 Å². The fraction of sp³-hybridized carbons (Fsp3) is 0.0385. The molecule has 0 aliphatic heterocycles. The third-order valence-corrected chi connectivity index (χ3v) is 6.90. The van der Waals surface area contributed by atoms with Crippen LogP contribution < -0.4 is 0 Å². The third-order valence-electron chi connectivity index (χ3n) is 5.18. The molecule has 4 aromatic rings. The van der Waals surface area contributed by atoms with E-state index in [0.29, 0.717) is 22.7 Å². The van der Waals surface area contributed by atoms with E-state index in [1.807, 2.05) is 73.7 Å². The molecule has 31 heavy (non-hydrogen) atoms. The smallest absolute Gasteiger partial charge is 0.268 e. The zero-order valence-corrected chi connectivity index (χ0v) is 17.6. The maximum absolute atomic E-state index is 13.9. The zero-order valence-electron chi connectivity index (χ0n) is 16.8. The zero-order chi connectivity index (χ0) is 21.4. The van der Waals surface area contributed by atoms with Gasteiger partial charge in [-0.15, -0.1) is 5.73 Å². The lowest BCUT2D eigenvalue weighted by molar-refractivity contribution is 0.544. The molecule has 5 heteroatoms. The Kier molecular flexibility index (Phi) is 4.63. The molecule has 0 saturated heterocycles. The second-order valence-electron chi connectivity index (χ2n) is 7.20. The molecule has 1 aliphatic carbocycles. The van der Waals surface area contributed by atoms with E-state index in [2.05, 4.69) is 5.73 Å². The lowest BCUT2D eigenvalue weighted by atomic mass is 10.0. The summed E-state index contributed by atoms with van der Waals surface area (Å²) in [5, 5.41) is 0.813. The van der Waals surface area contributed by atoms with Gasteiger partial charge in [0.15, 0.2) is 5.76 Å². The van der Waals surface area contributed by atoms with Crippen molar-refractivity contribution in [3.05, 3.63) is 114 Å². The number of furan rings is 1. The van der Waals surface area contributed by atoms with E-state index in [0.717, 1.165) is 16.5 Å². The summed E-state index contributed by atoms with van der Waals surface area (Å²) in [4.78, 5) is 0.217. The summed E-state index contributed by atoms with van der Waals surface area (Å²) in [6, 6.07) is 19.6. The number of nitrogens with zero attached hydrogens (tertiary/aromatic N) is 1. The Bertz CT molecular complexity index is 1520. The number of rotatable bonds is 4. The van der Waals surface area contributed by atoms with Crippen molar-refractivity contribution in [1.82, 2.24) is 3.97 Å². The van der Waals surface area contributed by atoms with E-state index < -0.39 is 10.0 Å². The first-order valence-electron chi connectivity index (χ1n) is 9.88. The van der Waals surface area contributed by atoms with Crippen LogP contribution in [0.3, 0.4) is 0 Å². The fourth-order valence-electron chi connectivity index (χ4n) is 3.83. The second kappa shape index (κ2) is 7.47. The molecule has 0 spiro atoms. The molecule has 0 atom stereocenters. The Balaban J connectivity index is 1.96. The quantitative estimate of drug-likeness (QED) is 0.371. The molecular formula is C26H19NO3S. The molecule has 0 amide bonds. The molecule has 1 aliphatic rings. The molecule has 4 nitrogen and oxygen atoms in total. The molecule has 5 rings (SSSR count). The summed E-state index contributed by atoms with van der Waals surface area (Å²) in [6.07, 6.45) is 9.47. The number of benzene rings is 2. The highest BCUT2D eigenvalue weighted by molar-refractivity contribution is 7.90. The highest BCUT2D eigenvalue weighted by Gasteiger charge is 2.30. The van der Waals surface area contributed by atoms with E-state index in [9.17, 15) is 8.42 Å². The molecule has 0 saturated carbocycles. The van der Waals surface area contributed by atoms with E-state index in [1.54, 1.807) is 30.3 Å². The van der Waals surface area contributed by atoms with E-state index in [1.165, 1.54) is 3.97 Å².